The first kappa shape index (κ1) is 13.5. The fraction of sp³-hybridized carbons (Fsp3) is 0.188. The molecule has 4 heteroatoms. The minimum atomic E-state index is -0.334. The summed E-state index contributed by atoms with van der Waals surface area (Å²) >= 11 is 1.97. The van der Waals surface area contributed by atoms with Crippen LogP contribution in [0.4, 0.5) is 4.39 Å². The summed E-state index contributed by atoms with van der Waals surface area (Å²) in [5.41, 5.74) is 1.10. The average molecular weight is 382 g/mol. The molecular formula is C16H12FIO2. The van der Waals surface area contributed by atoms with Crippen LogP contribution in [0.1, 0.15) is 28.8 Å². The molecule has 0 aliphatic heterocycles. The van der Waals surface area contributed by atoms with Crippen molar-refractivity contribution in [3.05, 3.63) is 63.0 Å². The Labute approximate surface area is 130 Å². The lowest BCUT2D eigenvalue weighted by molar-refractivity contribution is 0.103. The molecule has 0 spiro atoms. The lowest BCUT2D eigenvalue weighted by Crippen LogP contribution is -2.04. The smallest absolute Gasteiger partial charge is 0.194 e. The summed E-state index contributed by atoms with van der Waals surface area (Å²) in [6.07, 6.45) is 2.55. The Morgan fingerprint density at radius 3 is 2.45 bits per heavy atom. The Bertz CT molecular complexity index is 648. The van der Waals surface area contributed by atoms with Crippen LogP contribution in [0.15, 0.2) is 42.5 Å². The molecule has 2 nitrogen and oxygen atoms in total. The Morgan fingerprint density at radius 1 is 1.15 bits per heavy atom. The van der Waals surface area contributed by atoms with Crippen molar-refractivity contribution in [2.75, 3.05) is 0 Å². The van der Waals surface area contributed by atoms with Gasteiger partial charge in [0.15, 0.2) is 5.78 Å². The van der Waals surface area contributed by atoms with Gasteiger partial charge >= 0.3 is 0 Å². The molecule has 1 fully saturated rings. The number of ketones is 1. The van der Waals surface area contributed by atoms with Gasteiger partial charge in [0.05, 0.1) is 6.10 Å². The summed E-state index contributed by atoms with van der Waals surface area (Å²) in [6.45, 7) is 0. The molecule has 0 radical (unpaired) electrons. The topological polar surface area (TPSA) is 26.3 Å². The van der Waals surface area contributed by atoms with E-state index < -0.39 is 0 Å². The molecule has 20 heavy (non-hydrogen) atoms. The van der Waals surface area contributed by atoms with Crippen LogP contribution in [0.3, 0.4) is 0 Å². The molecule has 0 heterocycles. The molecular weight excluding hydrogens is 370 g/mol. The number of benzene rings is 2. The van der Waals surface area contributed by atoms with Crippen LogP contribution < -0.4 is 4.74 Å². The molecule has 0 saturated heterocycles. The van der Waals surface area contributed by atoms with Crippen molar-refractivity contribution in [2.45, 2.75) is 18.9 Å². The highest BCUT2D eigenvalue weighted by atomic mass is 127. The number of hydrogen-bond donors (Lipinski definition) is 0. The second kappa shape index (κ2) is 5.52. The standard InChI is InChI=1S/C16H12FIO2/c17-11-3-8-14(15(18)9-11)16(19)10-1-4-12(5-2-10)20-13-6-7-13/h1-5,8-9,13H,6-7H2. The summed E-state index contributed by atoms with van der Waals surface area (Å²) in [6, 6.07) is 11.3. The van der Waals surface area contributed by atoms with Crippen molar-refractivity contribution in [1.82, 2.24) is 0 Å². The van der Waals surface area contributed by atoms with Crippen LogP contribution in [-0.4, -0.2) is 11.9 Å². The Balaban J connectivity index is 1.82. The molecule has 0 amide bonds. The number of hydrogen-bond acceptors (Lipinski definition) is 2. The maximum absolute atomic E-state index is 13.1. The fourth-order valence-corrected chi connectivity index (χ4v) is 2.61. The van der Waals surface area contributed by atoms with Crippen LogP contribution in [0.25, 0.3) is 0 Å². The van der Waals surface area contributed by atoms with Crippen LogP contribution in [-0.2, 0) is 0 Å². The summed E-state index contributed by atoms with van der Waals surface area (Å²) in [7, 11) is 0. The summed E-state index contributed by atoms with van der Waals surface area (Å²) < 4.78 is 19.3. The predicted octanol–water partition coefficient (Wildman–Crippen LogP) is 4.20. The zero-order chi connectivity index (χ0) is 14.1. The zero-order valence-electron chi connectivity index (χ0n) is 10.6. The van der Waals surface area contributed by atoms with Gasteiger partial charge in [-0.15, -0.1) is 0 Å². The van der Waals surface area contributed by atoms with E-state index in [2.05, 4.69) is 0 Å². The quantitative estimate of drug-likeness (QED) is 0.585. The van der Waals surface area contributed by atoms with Crippen molar-refractivity contribution < 1.29 is 13.9 Å². The van der Waals surface area contributed by atoms with Gasteiger partial charge in [-0.3, -0.25) is 4.79 Å². The molecule has 2 aromatic carbocycles. The van der Waals surface area contributed by atoms with E-state index in [1.54, 1.807) is 12.1 Å². The lowest BCUT2D eigenvalue weighted by Gasteiger charge is -2.07. The lowest BCUT2D eigenvalue weighted by atomic mass is 10.0. The van der Waals surface area contributed by atoms with E-state index in [0.717, 1.165) is 18.6 Å². The molecule has 3 rings (SSSR count). The van der Waals surface area contributed by atoms with Crippen LogP contribution in [0.5, 0.6) is 5.75 Å². The number of carbonyl (C=O) groups excluding carboxylic acids is 1. The maximum atomic E-state index is 13.1. The predicted molar refractivity (Wildman–Crippen MR) is 82.6 cm³/mol. The van der Waals surface area contributed by atoms with Crippen LogP contribution >= 0.6 is 22.6 Å². The number of carbonyl (C=O) groups is 1. The van der Waals surface area contributed by atoms with E-state index in [1.807, 2.05) is 34.7 Å². The van der Waals surface area contributed by atoms with Gasteiger partial charge in [-0.25, -0.2) is 4.39 Å². The molecule has 0 N–H and O–H groups in total. The van der Waals surface area contributed by atoms with Crippen molar-refractivity contribution >= 4 is 28.4 Å². The summed E-state index contributed by atoms with van der Waals surface area (Å²) in [4.78, 5) is 12.4. The first-order valence-corrected chi connectivity index (χ1v) is 7.48. The SMILES string of the molecule is O=C(c1ccc(OC2CC2)cc1)c1ccc(F)cc1I. The molecule has 0 bridgehead atoms. The van der Waals surface area contributed by atoms with E-state index in [9.17, 15) is 9.18 Å². The minimum absolute atomic E-state index is 0.104. The van der Waals surface area contributed by atoms with Gasteiger partial charge in [0, 0.05) is 14.7 Å². The molecule has 0 atom stereocenters. The molecule has 0 unspecified atom stereocenters. The fourth-order valence-electron chi connectivity index (χ4n) is 1.89. The van der Waals surface area contributed by atoms with Gasteiger partial charge in [-0.2, -0.15) is 0 Å². The third kappa shape index (κ3) is 3.00. The van der Waals surface area contributed by atoms with Gasteiger partial charge in [-0.05, 0) is 77.9 Å². The molecule has 1 aliphatic rings. The first-order valence-electron chi connectivity index (χ1n) is 6.40. The average Bonchev–Trinajstić information content (AvgIpc) is 3.23. The molecule has 0 aromatic heterocycles. The number of rotatable bonds is 4. The van der Waals surface area contributed by atoms with Crippen molar-refractivity contribution in [3.8, 4) is 5.75 Å². The minimum Gasteiger partial charge on any atom is -0.490 e. The maximum Gasteiger partial charge on any atom is 0.194 e. The highest BCUT2D eigenvalue weighted by Crippen LogP contribution is 2.27. The summed E-state index contributed by atoms with van der Waals surface area (Å²) in [5, 5.41) is 0. The van der Waals surface area contributed by atoms with Gasteiger partial charge in [-0.1, -0.05) is 0 Å². The Hall–Kier alpha value is -1.43. The van der Waals surface area contributed by atoms with Crippen molar-refractivity contribution in [2.24, 2.45) is 0 Å². The van der Waals surface area contributed by atoms with Crippen molar-refractivity contribution in [3.63, 3.8) is 0 Å². The molecule has 102 valence electrons. The van der Waals surface area contributed by atoms with Gasteiger partial charge in [0.25, 0.3) is 0 Å². The highest BCUT2D eigenvalue weighted by Gasteiger charge is 2.23. The zero-order valence-corrected chi connectivity index (χ0v) is 12.8. The molecule has 2 aromatic rings. The monoisotopic (exact) mass is 382 g/mol. The van der Waals surface area contributed by atoms with E-state index in [1.165, 1.54) is 18.2 Å². The highest BCUT2D eigenvalue weighted by molar-refractivity contribution is 14.1. The van der Waals surface area contributed by atoms with E-state index in [-0.39, 0.29) is 11.6 Å². The van der Waals surface area contributed by atoms with Gasteiger partial charge < -0.3 is 4.74 Å². The Kier molecular flexibility index (Phi) is 3.74. The third-order valence-corrected chi connectivity index (χ3v) is 4.01. The Morgan fingerprint density at radius 2 is 1.85 bits per heavy atom. The van der Waals surface area contributed by atoms with E-state index in [0.29, 0.717) is 20.8 Å². The van der Waals surface area contributed by atoms with Crippen LogP contribution in [0.2, 0.25) is 0 Å². The summed E-state index contributed by atoms with van der Waals surface area (Å²) in [5.74, 6) is 0.351. The number of halogens is 2. The second-order valence-electron chi connectivity index (χ2n) is 4.79. The largest absolute Gasteiger partial charge is 0.490 e. The van der Waals surface area contributed by atoms with E-state index >= 15 is 0 Å². The normalized spacial score (nSPS) is 14.1. The van der Waals surface area contributed by atoms with Gasteiger partial charge in [0.2, 0.25) is 0 Å². The third-order valence-electron chi connectivity index (χ3n) is 3.12. The van der Waals surface area contributed by atoms with Crippen molar-refractivity contribution in [1.29, 1.82) is 0 Å². The molecule has 1 aliphatic carbocycles. The van der Waals surface area contributed by atoms with Gasteiger partial charge in [0.1, 0.15) is 11.6 Å². The number of ether oxygens (including phenoxy) is 1. The van der Waals surface area contributed by atoms with Crippen LogP contribution in [0, 0.1) is 9.39 Å². The molecule has 1 saturated carbocycles. The second-order valence-corrected chi connectivity index (χ2v) is 5.96. The van der Waals surface area contributed by atoms with E-state index in [4.69, 9.17) is 4.74 Å². The first-order chi connectivity index (χ1) is 9.63.